The van der Waals surface area contributed by atoms with Crippen molar-refractivity contribution in [2.24, 2.45) is 11.8 Å². The predicted octanol–water partition coefficient (Wildman–Crippen LogP) is 3.31. The fraction of sp³-hybridized carbons (Fsp3) is 0.591. The van der Waals surface area contributed by atoms with Gasteiger partial charge in [-0.15, -0.1) is 0 Å². The SMILES string of the molecule is CC(C)C[C@@H]1N[C@H](C(=O)NCC2CCOCC2)Cc2c[nH]c3cccc1c23. The van der Waals surface area contributed by atoms with Gasteiger partial charge in [-0.25, -0.2) is 0 Å². The monoisotopic (exact) mass is 369 g/mol. The average molecular weight is 370 g/mol. The van der Waals surface area contributed by atoms with Gasteiger partial charge in [-0.1, -0.05) is 26.0 Å². The topological polar surface area (TPSA) is 66.2 Å². The maximum absolute atomic E-state index is 13.0. The number of benzene rings is 1. The molecule has 0 radical (unpaired) electrons. The number of carbonyl (C=O) groups excluding carboxylic acids is 1. The molecule has 2 aromatic rings. The van der Waals surface area contributed by atoms with Gasteiger partial charge in [0, 0.05) is 42.9 Å². The van der Waals surface area contributed by atoms with Gasteiger partial charge in [-0.2, -0.15) is 0 Å². The molecule has 1 aromatic heterocycles. The molecule has 1 fully saturated rings. The van der Waals surface area contributed by atoms with Crippen LogP contribution in [0.4, 0.5) is 0 Å². The van der Waals surface area contributed by atoms with Crippen LogP contribution in [0.25, 0.3) is 10.9 Å². The number of ether oxygens (including phenoxy) is 1. The third-order valence-electron chi connectivity index (χ3n) is 5.95. The number of rotatable bonds is 5. The standard InChI is InChI=1S/C22H31N3O2/c1-14(2)10-19-17-4-3-5-18-21(17)16(13-23-18)11-20(25-19)22(26)24-12-15-6-8-27-9-7-15/h3-5,13-15,19-20,23,25H,6-12H2,1-2H3,(H,24,26)/t19-,20-/m0/s1. The third-order valence-corrected chi connectivity index (χ3v) is 5.95. The average Bonchev–Trinajstić information content (AvgIpc) is 3.01. The second kappa shape index (κ2) is 8.03. The molecule has 3 N–H and O–H groups in total. The summed E-state index contributed by atoms with van der Waals surface area (Å²) in [5.74, 6) is 1.22. The summed E-state index contributed by atoms with van der Waals surface area (Å²) in [6.45, 7) is 6.87. The summed E-state index contributed by atoms with van der Waals surface area (Å²) in [7, 11) is 0. The van der Waals surface area contributed by atoms with E-state index in [0.717, 1.165) is 45.4 Å². The zero-order chi connectivity index (χ0) is 18.8. The lowest BCUT2D eigenvalue weighted by molar-refractivity contribution is -0.123. The molecule has 1 saturated heterocycles. The number of hydrogen-bond acceptors (Lipinski definition) is 3. The summed E-state index contributed by atoms with van der Waals surface area (Å²) in [5, 5.41) is 8.19. The highest BCUT2D eigenvalue weighted by atomic mass is 16.5. The van der Waals surface area contributed by atoms with E-state index in [1.165, 1.54) is 22.0 Å². The third kappa shape index (κ3) is 4.04. The summed E-state index contributed by atoms with van der Waals surface area (Å²) in [6, 6.07) is 6.45. The van der Waals surface area contributed by atoms with Crippen LogP contribution in [-0.2, 0) is 16.0 Å². The van der Waals surface area contributed by atoms with Gasteiger partial charge in [0.05, 0.1) is 6.04 Å². The number of H-pyrrole nitrogens is 1. The minimum absolute atomic E-state index is 0.123. The number of nitrogens with one attached hydrogen (secondary N) is 3. The Balaban J connectivity index is 1.53. The molecule has 0 bridgehead atoms. The second-order valence-electron chi connectivity index (χ2n) is 8.49. The van der Waals surface area contributed by atoms with Crippen LogP contribution in [0.15, 0.2) is 24.4 Å². The second-order valence-corrected chi connectivity index (χ2v) is 8.49. The van der Waals surface area contributed by atoms with Crippen molar-refractivity contribution in [3.8, 4) is 0 Å². The van der Waals surface area contributed by atoms with Crippen molar-refractivity contribution in [2.75, 3.05) is 19.8 Å². The van der Waals surface area contributed by atoms with E-state index in [9.17, 15) is 4.79 Å². The zero-order valence-electron chi connectivity index (χ0n) is 16.4. The van der Waals surface area contributed by atoms with Crippen LogP contribution in [-0.4, -0.2) is 36.7 Å². The van der Waals surface area contributed by atoms with Gasteiger partial charge >= 0.3 is 0 Å². The van der Waals surface area contributed by atoms with E-state index in [4.69, 9.17) is 4.74 Å². The maximum atomic E-state index is 13.0. The highest BCUT2D eigenvalue weighted by molar-refractivity contribution is 5.90. The number of aromatic nitrogens is 1. The summed E-state index contributed by atoms with van der Waals surface area (Å²) in [4.78, 5) is 16.4. The first-order valence-electron chi connectivity index (χ1n) is 10.3. The molecule has 2 aliphatic rings. The van der Waals surface area contributed by atoms with Crippen LogP contribution < -0.4 is 10.6 Å². The largest absolute Gasteiger partial charge is 0.381 e. The molecule has 0 aliphatic carbocycles. The van der Waals surface area contributed by atoms with Gasteiger partial charge in [-0.3, -0.25) is 10.1 Å². The van der Waals surface area contributed by atoms with Gasteiger partial charge in [0.1, 0.15) is 0 Å². The minimum Gasteiger partial charge on any atom is -0.381 e. The fourth-order valence-electron chi connectivity index (χ4n) is 4.50. The maximum Gasteiger partial charge on any atom is 0.237 e. The van der Waals surface area contributed by atoms with Crippen LogP contribution in [0.1, 0.15) is 50.3 Å². The molecule has 0 unspecified atom stereocenters. The van der Waals surface area contributed by atoms with Crippen LogP contribution in [0.3, 0.4) is 0 Å². The molecule has 2 atom stereocenters. The van der Waals surface area contributed by atoms with E-state index in [-0.39, 0.29) is 18.0 Å². The van der Waals surface area contributed by atoms with E-state index in [1.54, 1.807) is 0 Å². The first-order chi connectivity index (χ1) is 13.1. The van der Waals surface area contributed by atoms with Crippen molar-refractivity contribution >= 4 is 16.8 Å². The molecule has 1 amide bonds. The van der Waals surface area contributed by atoms with Crippen LogP contribution in [0.2, 0.25) is 0 Å². The minimum atomic E-state index is -0.194. The Kier molecular flexibility index (Phi) is 5.50. The lowest BCUT2D eigenvalue weighted by Crippen LogP contribution is -2.47. The van der Waals surface area contributed by atoms with Gasteiger partial charge in [0.2, 0.25) is 5.91 Å². The summed E-state index contributed by atoms with van der Waals surface area (Å²) in [6.07, 6.45) is 5.90. The van der Waals surface area contributed by atoms with Gasteiger partial charge in [0.25, 0.3) is 0 Å². The van der Waals surface area contributed by atoms with Gasteiger partial charge in [0.15, 0.2) is 0 Å². The first-order valence-corrected chi connectivity index (χ1v) is 10.3. The van der Waals surface area contributed by atoms with E-state index in [1.807, 2.05) is 0 Å². The summed E-state index contributed by atoms with van der Waals surface area (Å²) >= 11 is 0. The Hall–Kier alpha value is -1.85. The molecule has 5 heteroatoms. The molecule has 0 spiro atoms. The molecule has 5 nitrogen and oxygen atoms in total. The van der Waals surface area contributed by atoms with Crippen LogP contribution in [0, 0.1) is 11.8 Å². The van der Waals surface area contributed by atoms with Crippen LogP contribution >= 0.6 is 0 Å². The molecular formula is C22H31N3O2. The van der Waals surface area contributed by atoms with Crippen molar-refractivity contribution in [1.29, 1.82) is 0 Å². The Morgan fingerprint density at radius 1 is 1.30 bits per heavy atom. The molecule has 146 valence electrons. The number of amides is 1. The van der Waals surface area contributed by atoms with E-state index >= 15 is 0 Å². The fourth-order valence-corrected chi connectivity index (χ4v) is 4.50. The lowest BCUT2D eigenvalue weighted by Gasteiger charge is -2.26. The molecular weight excluding hydrogens is 338 g/mol. The summed E-state index contributed by atoms with van der Waals surface area (Å²) in [5.41, 5.74) is 3.73. The van der Waals surface area contributed by atoms with E-state index < -0.39 is 0 Å². The molecule has 2 aliphatic heterocycles. The Bertz CT molecular complexity index is 792. The highest BCUT2D eigenvalue weighted by Crippen LogP contribution is 2.34. The molecule has 0 saturated carbocycles. The van der Waals surface area contributed by atoms with Gasteiger partial charge < -0.3 is 15.0 Å². The molecule has 3 heterocycles. The predicted molar refractivity (Wildman–Crippen MR) is 108 cm³/mol. The van der Waals surface area contributed by atoms with Crippen molar-refractivity contribution in [3.05, 3.63) is 35.5 Å². The quantitative estimate of drug-likeness (QED) is 0.757. The van der Waals surface area contributed by atoms with Gasteiger partial charge in [-0.05, 0) is 54.7 Å². The van der Waals surface area contributed by atoms with Crippen molar-refractivity contribution in [3.63, 3.8) is 0 Å². The first kappa shape index (κ1) is 18.5. The molecule has 4 rings (SSSR count). The zero-order valence-corrected chi connectivity index (χ0v) is 16.4. The Morgan fingerprint density at radius 3 is 2.89 bits per heavy atom. The number of hydrogen-bond donors (Lipinski definition) is 3. The van der Waals surface area contributed by atoms with E-state index in [2.05, 4.69) is 53.9 Å². The molecule has 1 aromatic carbocycles. The number of carbonyl (C=O) groups is 1. The summed E-state index contributed by atoms with van der Waals surface area (Å²) < 4.78 is 5.42. The number of aromatic amines is 1. The lowest BCUT2D eigenvalue weighted by atomic mass is 9.94. The molecule has 27 heavy (non-hydrogen) atoms. The van der Waals surface area contributed by atoms with Crippen molar-refractivity contribution < 1.29 is 9.53 Å². The van der Waals surface area contributed by atoms with E-state index in [0.29, 0.717) is 11.8 Å². The van der Waals surface area contributed by atoms with Crippen molar-refractivity contribution in [1.82, 2.24) is 15.6 Å². The Morgan fingerprint density at radius 2 is 2.11 bits per heavy atom. The van der Waals surface area contributed by atoms with Crippen molar-refractivity contribution in [2.45, 2.75) is 51.6 Å². The Labute approximate surface area is 161 Å². The van der Waals surface area contributed by atoms with Crippen LogP contribution in [0.5, 0.6) is 0 Å². The normalized spacial score (nSPS) is 23.5. The highest BCUT2D eigenvalue weighted by Gasteiger charge is 2.30. The smallest absolute Gasteiger partial charge is 0.237 e.